The van der Waals surface area contributed by atoms with Crippen molar-refractivity contribution in [2.45, 2.75) is 48.5 Å². The molecule has 0 saturated heterocycles. The Labute approximate surface area is 199 Å². The normalized spacial score (nSPS) is 12.0. The number of hydrogen-bond donors (Lipinski definition) is 1. The van der Waals surface area contributed by atoms with Gasteiger partial charge in [0.2, 0.25) is 0 Å². The van der Waals surface area contributed by atoms with E-state index in [-0.39, 0.29) is 11.8 Å². The number of anilines is 2. The topological polar surface area (TPSA) is 87.9 Å². The van der Waals surface area contributed by atoms with Crippen LogP contribution >= 0.6 is 0 Å². The molecule has 2 heterocycles. The van der Waals surface area contributed by atoms with Crippen molar-refractivity contribution in [3.63, 3.8) is 0 Å². The fourth-order valence-corrected chi connectivity index (χ4v) is 4.53. The van der Waals surface area contributed by atoms with Gasteiger partial charge in [-0.3, -0.25) is 9.59 Å². The summed E-state index contributed by atoms with van der Waals surface area (Å²) in [7, 11) is 0. The standard InChI is InChI=1S/C26H32N4O4/c1-8-29(9-2)25(31)17-13-12-14(5)22-19(17)28-21-18(26(32)30(10-3)11-4)20-23(33-16(7)27-20)15(6)24(21)34-22/h12-13,28H,8-11H2,1-7H3. The lowest BCUT2D eigenvalue weighted by Crippen LogP contribution is -2.32. The number of aryl methyl sites for hydroxylation is 3. The molecule has 180 valence electrons. The van der Waals surface area contributed by atoms with E-state index in [4.69, 9.17) is 9.15 Å². The predicted octanol–water partition coefficient (Wildman–Crippen LogP) is 5.57. The SMILES string of the molecule is CCN(CC)C(=O)c1ccc(C)c2c1Nc1c(c(C)c3oc(C)nc3c1C(=O)N(CC)CC)O2. The first kappa shape index (κ1) is 23.6. The van der Waals surface area contributed by atoms with Crippen molar-refractivity contribution >= 4 is 34.3 Å². The highest BCUT2D eigenvalue weighted by molar-refractivity contribution is 6.14. The number of aromatic nitrogens is 1. The Morgan fingerprint density at radius 3 is 2.12 bits per heavy atom. The number of nitrogens with one attached hydrogen (secondary N) is 1. The van der Waals surface area contributed by atoms with Crippen molar-refractivity contribution in [1.82, 2.24) is 14.8 Å². The van der Waals surface area contributed by atoms with E-state index < -0.39 is 0 Å². The number of rotatable bonds is 6. The number of hydrogen-bond acceptors (Lipinski definition) is 6. The fraction of sp³-hybridized carbons (Fsp3) is 0.423. The molecule has 0 unspecified atom stereocenters. The molecule has 0 saturated carbocycles. The van der Waals surface area contributed by atoms with E-state index in [1.54, 1.807) is 16.7 Å². The second-order valence-corrected chi connectivity index (χ2v) is 8.43. The summed E-state index contributed by atoms with van der Waals surface area (Å²) in [6, 6.07) is 3.70. The van der Waals surface area contributed by atoms with Crippen LogP contribution < -0.4 is 10.1 Å². The van der Waals surface area contributed by atoms with Crippen LogP contribution in [0, 0.1) is 20.8 Å². The lowest BCUT2D eigenvalue weighted by molar-refractivity contribution is 0.0767. The third-order valence-electron chi connectivity index (χ3n) is 6.48. The molecule has 3 aromatic rings. The first-order valence-corrected chi connectivity index (χ1v) is 11.9. The summed E-state index contributed by atoms with van der Waals surface area (Å²) in [6.07, 6.45) is 0. The number of carbonyl (C=O) groups excluding carboxylic acids is 2. The van der Waals surface area contributed by atoms with Gasteiger partial charge in [-0.2, -0.15) is 0 Å². The van der Waals surface area contributed by atoms with Gasteiger partial charge >= 0.3 is 0 Å². The molecule has 0 aliphatic carbocycles. The molecule has 0 fully saturated rings. The average Bonchev–Trinajstić information content (AvgIpc) is 3.21. The minimum atomic E-state index is -0.164. The Morgan fingerprint density at radius 2 is 1.50 bits per heavy atom. The summed E-state index contributed by atoms with van der Waals surface area (Å²) in [5.74, 6) is 1.31. The molecule has 34 heavy (non-hydrogen) atoms. The van der Waals surface area contributed by atoms with Crippen LogP contribution in [0.1, 0.15) is 65.4 Å². The molecule has 2 amide bonds. The zero-order valence-corrected chi connectivity index (χ0v) is 21.0. The molecule has 2 aromatic carbocycles. The van der Waals surface area contributed by atoms with E-state index in [9.17, 15) is 9.59 Å². The lowest BCUT2D eigenvalue weighted by atomic mass is 9.99. The third kappa shape index (κ3) is 3.57. The molecule has 0 atom stereocenters. The van der Waals surface area contributed by atoms with Gasteiger partial charge in [0.05, 0.1) is 22.5 Å². The number of oxazole rings is 1. The fourth-order valence-electron chi connectivity index (χ4n) is 4.53. The Morgan fingerprint density at radius 1 is 0.882 bits per heavy atom. The molecular formula is C26H32N4O4. The van der Waals surface area contributed by atoms with Crippen molar-refractivity contribution < 1.29 is 18.7 Å². The quantitative estimate of drug-likeness (QED) is 0.402. The van der Waals surface area contributed by atoms with Crippen LogP contribution in [0.3, 0.4) is 0 Å². The molecule has 8 heteroatoms. The summed E-state index contributed by atoms with van der Waals surface area (Å²) in [4.78, 5) is 35.1. The molecule has 1 aliphatic heterocycles. The Bertz CT molecular complexity index is 1290. The van der Waals surface area contributed by atoms with Crippen LogP contribution in [0.4, 0.5) is 11.4 Å². The second-order valence-electron chi connectivity index (χ2n) is 8.43. The summed E-state index contributed by atoms with van der Waals surface area (Å²) in [5, 5.41) is 3.43. The molecule has 4 rings (SSSR count). The van der Waals surface area contributed by atoms with Gasteiger partial charge in [-0.15, -0.1) is 0 Å². The first-order chi connectivity index (χ1) is 16.3. The predicted molar refractivity (Wildman–Crippen MR) is 133 cm³/mol. The Kier molecular flexibility index (Phi) is 6.25. The van der Waals surface area contributed by atoms with Gasteiger partial charge in [-0.25, -0.2) is 4.98 Å². The van der Waals surface area contributed by atoms with Crippen LogP contribution in [-0.2, 0) is 0 Å². The van der Waals surface area contributed by atoms with Gasteiger partial charge in [0.15, 0.2) is 23.0 Å². The largest absolute Gasteiger partial charge is 0.452 e. The van der Waals surface area contributed by atoms with E-state index >= 15 is 0 Å². The van der Waals surface area contributed by atoms with E-state index in [1.807, 2.05) is 53.7 Å². The molecule has 0 bridgehead atoms. The van der Waals surface area contributed by atoms with Gasteiger partial charge in [0.25, 0.3) is 11.8 Å². The zero-order chi connectivity index (χ0) is 24.7. The molecular weight excluding hydrogens is 432 g/mol. The number of benzene rings is 2. The van der Waals surface area contributed by atoms with Crippen molar-refractivity contribution in [3.8, 4) is 11.5 Å². The van der Waals surface area contributed by atoms with Crippen molar-refractivity contribution in [2.75, 3.05) is 31.5 Å². The monoisotopic (exact) mass is 464 g/mol. The number of amides is 2. The highest BCUT2D eigenvalue weighted by Crippen LogP contribution is 2.51. The van der Waals surface area contributed by atoms with Gasteiger partial charge in [0, 0.05) is 38.7 Å². The van der Waals surface area contributed by atoms with Crippen molar-refractivity contribution in [2.24, 2.45) is 0 Å². The van der Waals surface area contributed by atoms with E-state index in [0.29, 0.717) is 77.2 Å². The van der Waals surface area contributed by atoms with Crippen LogP contribution in [0.15, 0.2) is 16.5 Å². The van der Waals surface area contributed by atoms with Crippen LogP contribution in [0.2, 0.25) is 0 Å². The van der Waals surface area contributed by atoms with E-state index in [1.165, 1.54) is 0 Å². The summed E-state index contributed by atoms with van der Waals surface area (Å²) >= 11 is 0. The number of ether oxygens (including phenoxy) is 1. The lowest BCUT2D eigenvalue weighted by Gasteiger charge is -2.30. The van der Waals surface area contributed by atoms with Crippen molar-refractivity contribution in [3.05, 3.63) is 40.3 Å². The highest BCUT2D eigenvalue weighted by atomic mass is 16.5. The molecule has 0 radical (unpaired) electrons. The molecule has 1 N–H and O–H groups in total. The Hall–Kier alpha value is -3.55. The molecule has 8 nitrogen and oxygen atoms in total. The zero-order valence-electron chi connectivity index (χ0n) is 21.0. The van der Waals surface area contributed by atoms with E-state index in [2.05, 4.69) is 10.3 Å². The molecule has 0 spiro atoms. The summed E-state index contributed by atoms with van der Waals surface area (Å²) in [6.45, 7) is 15.7. The average molecular weight is 465 g/mol. The molecule has 1 aromatic heterocycles. The number of fused-ring (bicyclic) bond motifs is 3. The van der Waals surface area contributed by atoms with Crippen LogP contribution in [-0.4, -0.2) is 52.8 Å². The van der Waals surface area contributed by atoms with Gasteiger partial charge in [-0.1, -0.05) is 6.07 Å². The van der Waals surface area contributed by atoms with Crippen LogP contribution in [0.5, 0.6) is 11.5 Å². The maximum absolute atomic E-state index is 13.7. The van der Waals surface area contributed by atoms with Gasteiger partial charge in [0.1, 0.15) is 5.52 Å². The third-order valence-corrected chi connectivity index (χ3v) is 6.48. The van der Waals surface area contributed by atoms with Gasteiger partial charge in [-0.05, 0) is 53.2 Å². The van der Waals surface area contributed by atoms with E-state index in [0.717, 1.165) is 11.1 Å². The Balaban J connectivity index is 1.99. The maximum Gasteiger partial charge on any atom is 0.258 e. The minimum Gasteiger partial charge on any atom is -0.452 e. The minimum absolute atomic E-state index is 0.0903. The molecule has 1 aliphatic rings. The smallest absolute Gasteiger partial charge is 0.258 e. The number of carbonyl (C=O) groups is 2. The summed E-state index contributed by atoms with van der Waals surface area (Å²) < 4.78 is 12.3. The van der Waals surface area contributed by atoms with Crippen molar-refractivity contribution in [1.29, 1.82) is 0 Å². The highest BCUT2D eigenvalue weighted by Gasteiger charge is 2.34. The second kappa shape index (κ2) is 9.00. The maximum atomic E-state index is 13.7. The number of nitrogens with zero attached hydrogens (tertiary/aromatic N) is 3. The van der Waals surface area contributed by atoms with Gasteiger partial charge < -0.3 is 24.3 Å². The first-order valence-electron chi connectivity index (χ1n) is 11.9. The summed E-state index contributed by atoms with van der Waals surface area (Å²) in [5.41, 5.74) is 4.64. The van der Waals surface area contributed by atoms with Crippen LogP contribution in [0.25, 0.3) is 11.1 Å².